The fourth-order valence-corrected chi connectivity index (χ4v) is 2.88. The van der Waals surface area contributed by atoms with E-state index in [1.165, 1.54) is 0 Å². The van der Waals surface area contributed by atoms with Gasteiger partial charge in [0.1, 0.15) is 0 Å². The Morgan fingerprint density at radius 3 is 2.86 bits per heavy atom. The standard InChI is InChI=1S/C16H17N3O2/c1-3-8-19-9-12-13(15(19)20)14(18-16(21)17-12)11-7-5-4-6-10(11)2/h3-7,14H,1,8-9H2,2H3,(H2,17,18,21). The van der Waals surface area contributed by atoms with Gasteiger partial charge < -0.3 is 15.5 Å². The Kier molecular flexibility index (Phi) is 3.25. The summed E-state index contributed by atoms with van der Waals surface area (Å²) in [6.45, 7) is 6.54. The smallest absolute Gasteiger partial charge is 0.319 e. The Hall–Kier alpha value is -2.56. The van der Waals surface area contributed by atoms with E-state index < -0.39 is 6.04 Å². The number of benzene rings is 1. The molecule has 0 fully saturated rings. The van der Waals surface area contributed by atoms with Crippen LogP contribution in [0.25, 0.3) is 0 Å². The van der Waals surface area contributed by atoms with E-state index in [4.69, 9.17) is 0 Å². The minimum atomic E-state index is -0.391. The number of urea groups is 1. The third kappa shape index (κ3) is 2.20. The first-order valence-electron chi connectivity index (χ1n) is 6.88. The van der Waals surface area contributed by atoms with Gasteiger partial charge in [0.25, 0.3) is 5.91 Å². The Labute approximate surface area is 123 Å². The molecule has 0 spiro atoms. The number of hydrogen-bond acceptors (Lipinski definition) is 2. The molecule has 108 valence electrons. The van der Waals surface area contributed by atoms with Crippen molar-refractivity contribution in [2.45, 2.75) is 13.0 Å². The highest BCUT2D eigenvalue weighted by molar-refractivity contribution is 6.01. The highest BCUT2D eigenvalue weighted by atomic mass is 16.2. The van der Waals surface area contributed by atoms with Crippen molar-refractivity contribution in [3.8, 4) is 0 Å². The van der Waals surface area contributed by atoms with Gasteiger partial charge in [0.2, 0.25) is 0 Å². The molecule has 0 aliphatic carbocycles. The van der Waals surface area contributed by atoms with Crippen LogP contribution in [0.2, 0.25) is 0 Å². The lowest BCUT2D eigenvalue weighted by Gasteiger charge is -2.26. The molecule has 5 heteroatoms. The number of carbonyl (C=O) groups is 2. The van der Waals surface area contributed by atoms with E-state index >= 15 is 0 Å². The summed E-state index contributed by atoms with van der Waals surface area (Å²) in [6.07, 6.45) is 1.69. The first kappa shape index (κ1) is 13.4. The van der Waals surface area contributed by atoms with Crippen molar-refractivity contribution in [1.29, 1.82) is 0 Å². The quantitative estimate of drug-likeness (QED) is 0.828. The summed E-state index contributed by atoms with van der Waals surface area (Å²) >= 11 is 0. The second-order valence-corrected chi connectivity index (χ2v) is 5.25. The highest BCUT2D eigenvalue weighted by Crippen LogP contribution is 2.33. The van der Waals surface area contributed by atoms with Gasteiger partial charge in [-0.1, -0.05) is 30.3 Å². The largest absolute Gasteiger partial charge is 0.329 e. The van der Waals surface area contributed by atoms with Crippen LogP contribution in [0.15, 0.2) is 48.2 Å². The molecule has 1 atom stereocenters. The molecule has 5 nitrogen and oxygen atoms in total. The van der Waals surface area contributed by atoms with Crippen LogP contribution in [-0.2, 0) is 4.79 Å². The predicted octanol–water partition coefficient (Wildman–Crippen LogP) is 1.63. The van der Waals surface area contributed by atoms with Gasteiger partial charge in [-0.3, -0.25) is 4.79 Å². The van der Waals surface area contributed by atoms with Crippen molar-refractivity contribution in [2.24, 2.45) is 0 Å². The van der Waals surface area contributed by atoms with Gasteiger partial charge in [-0.25, -0.2) is 4.79 Å². The van der Waals surface area contributed by atoms with E-state index in [-0.39, 0.29) is 11.9 Å². The number of carbonyl (C=O) groups excluding carboxylic acids is 2. The molecule has 2 aliphatic heterocycles. The van der Waals surface area contributed by atoms with Crippen LogP contribution in [0, 0.1) is 6.92 Å². The zero-order valence-corrected chi connectivity index (χ0v) is 11.8. The monoisotopic (exact) mass is 283 g/mol. The van der Waals surface area contributed by atoms with Crippen molar-refractivity contribution < 1.29 is 9.59 Å². The molecular weight excluding hydrogens is 266 g/mol. The van der Waals surface area contributed by atoms with Crippen LogP contribution < -0.4 is 10.6 Å². The van der Waals surface area contributed by atoms with Gasteiger partial charge in [-0.15, -0.1) is 6.58 Å². The summed E-state index contributed by atoms with van der Waals surface area (Å²) in [6, 6.07) is 7.12. The highest BCUT2D eigenvalue weighted by Gasteiger charge is 2.40. The normalized spacial score (nSPS) is 21.0. The molecule has 0 saturated carbocycles. The van der Waals surface area contributed by atoms with E-state index in [1.54, 1.807) is 11.0 Å². The second-order valence-electron chi connectivity index (χ2n) is 5.25. The fraction of sp³-hybridized carbons (Fsp3) is 0.250. The molecule has 1 aromatic rings. The maximum absolute atomic E-state index is 12.6. The molecule has 0 saturated heterocycles. The lowest BCUT2D eigenvalue weighted by molar-refractivity contribution is -0.125. The molecule has 0 bridgehead atoms. The summed E-state index contributed by atoms with van der Waals surface area (Å²) in [5.41, 5.74) is 3.32. The number of rotatable bonds is 3. The van der Waals surface area contributed by atoms with Crippen LogP contribution in [0.5, 0.6) is 0 Å². The average molecular weight is 283 g/mol. The van der Waals surface area contributed by atoms with Crippen molar-refractivity contribution >= 4 is 11.9 Å². The Bertz CT molecular complexity index is 663. The molecule has 3 amide bonds. The first-order valence-corrected chi connectivity index (χ1v) is 6.88. The Morgan fingerprint density at radius 2 is 2.14 bits per heavy atom. The second kappa shape index (κ2) is 5.09. The summed E-state index contributed by atoms with van der Waals surface area (Å²) in [7, 11) is 0. The number of amides is 3. The van der Waals surface area contributed by atoms with Crippen LogP contribution in [0.4, 0.5) is 4.79 Å². The first-order chi connectivity index (χ1) is 10.1. The van der Waals surface area contributed by atoms with Crippen LogP contribution >= 0.6 is 0 Å². The maximum Gasteiger partial charge on any atom is 0.319 e. The topological polar surface area (TPSA) is 61.4 Å². The predicted molar refractivity (Wildman–Crippen MR) is 79.4 cm³/mol. The summed E-state index contributed by atoms with van der Waals surface area (Å²) < 4.78 is 0. The van der Waals surface area contributed by atoms with Crippen molar-refractivity contribution in [1.82, 2.24) is 15.5 Å². The van der Waals surface area contributed by atoms with Crippen LogP contribution in [-0.4, -0.2) is 29.9 Å². The Morgan fingerprint density at radius 1 is 1.38 bits per heavy atom. The van der Waals surface area contributed by atoms with Crippen molar-refractivity contribution in [3.05, 3.63) is 59.3 Å². The van der Waals surface area contributed by atoms with Crippen molar-refractivity contribution in [3.63, 3.8) is 0 Å². The fourth-order valence-electron chi connectivity index (χ4n) is 2.88. The summed E-state index contributed by atoms with van der Waals surface area (Å²) in [4.78, 5) is 26.1. The van der Waals surface area contributed by atoms with Gasteiger partial charge in [-0.2, -0.15) is 0 Å². The molecule has 2 aliphatic rings. The molecule has 2 N–H and O–H groups in total. The van der Waals surface area contributed by atoms with Crippen molar-refractivity contribution in [2.75, 3.05) is 13.1 Å². The molecule has 0 radical (unpaired) electrons. The van der Waals surface area contributed by atoms with E-state index in [1.807, 2.05) is 31.2 Å². The molecule has 1 unspecified atom stereocenters. The average Bonchev–Trinajstić information content (AvgIpc) is 2.75. The molecule has 0 aromatic heterocycles. The minimum absolute atomic E-state index is 0.0503. The van der Waals surface area contributed by atoms with Crippen LogP contribution in [0.1, 0.15) is 17.2 Å². The molecule has 1 aromatic carbocycles. The van der Waals surface area contributed by atoms with Gasteiger partial charge in [0.15, 0.2) is 0 Å². The summed E-state index contributed by atoms with van der Waals surface area (Å²) in [5, 5.41) is 5.61. The van der Waals surface area contributed by atoms with Gasteiger partial charge in [0, 0.05) is 6.54 Å². The maximum atomic E-state index is 12.6. The lowest BCUT2D eigenvalue weighted by atomic mass is 9.93. The molecule has 2 heterocycles. The van der Waals surface area contributed by atoms with Gasteiger partial charge in [0.05, 0.1) is 23.9 Å². The number of nitrogens with zero attached hydrogens (tertiary/aromatic N) is 1. The molecular formula is C16H17N3O2. The number of hydrogen-bond donors (Lipinski definition) is 2. The number of aryl methyl sites for hydroxylation is 1. The lowest BCUT2D eigenvalue weighted by Crippen LogP contribution is -2.44. The van der Waals surface area contributed by atoms with Gasteiger partial charge in [-0.05, 0) is 18.1 Å². The third-order valence-electron chi connectivity index (χ3n) is 3.87. The summed E-state index contributed by atoms with van der Waals surface area (Å²) in [5.74, 6) is -0.0503. The zero-order valence-electron chi connectivity index (χ0n) is 11.8. The van der Waals surface area contributed by atoms with E-state index in [9.17, 15) is 9.59 Å². The van der Waals surface area contributed by atoms with E-state index in [0.29, 0.717) is 24.4 Å². The van der Waals surface area contributed by atoms with E-state index in [2.05, 4.69) is 17.2 Å². The molecule has 3 rings (SSSR count). The Balaban J connectivity index is 2.03. The van der Waals surface area contributed by atoms with E-state index in [0.717, 1.165) is 11.1 Å². The van der Waals surface area contributed by atoms with Crippen LogP contribution in [0.3, 0.4) is 0 Å². The SMILES string of the molecule is C=CCN1CC2=C(C1=O)C(c1ccccc1C)NC(=O)N2. The van der Waals surface area contributed by atoms with Gasteiger partial charge >= 0.3 is 6.03 Å². The number of nitrogens with one attached hydrogen (secondary N) is 2. The minimum Gasteiger partial charge on any atom is -0.329 e. The third-order valence-corrected chi connectivity index (χ3v) is 3.87. The molecule has 21 heavy (non-hydrogen) atoms. The zero-order chi connectivity index (χ0) is 15.0.